The number of benzene rings is 1. The van der Waals surface area contributed by atoms with E-state index in [1.807, 2.05) is 0 Å². The van der Waals surface area contributed by atoms with Crippen LogP contribution in [-0.2, 0) is 4.74 Å². The molecule has 136 valence electrons. The Balaban J connectivity index is 0.00000288. The molecule has 1 aromatic rings. The summed E-state index contributed by atoms with van der Waals surface area (Å²) < 4.78 is 18.4. The van der Waals surface area contributed by atoms with Gasteiger partial charge in [-0.3, -0.25) is 9.89 Å². The first-order valence-corrected chi connectivity index (χ1v) is 8.20. The maximum atomic E-state index is 13.0. The second-order valence-electron chi connectivity index (χ2n) is 5.81. The van der Waals surface area contributed by atoms with Crippen molar-refractivity contribution in [3.05, 3.63) is 35.6 Å². The summed E-state index contributed by atoms with van der Waals surface area (Å²) >= 11 is 0. The van der Waals surface area contributed by atoms with Gasteiger partial charge in [0.15, 0.2) is 5.96 Å². The van der Waals surface area contributed by atoms with E-state index in [4.69, 9.17) is 10.5 Å². The molecule has 0 aromatic heterocycles. The number of likely N-dealkylation sites (tertiary alicyclic amines) is 1. The molecule has 2 unspecified atom stereocenters. The fourth-order valence-corrected chi connectivity index (χ4v) is 3.00. The van der Waals surface area contributed by atoms with E-state index in [1.165, 1.54) is 25.0 Å². The van der Waals surface area contributed by atoms with Crippen LogP contribution in [0.4, 0.5) is 4.39 Å². The first kappa shape index (κ1) is 21.1. The first-order chi connectivity index (χ1) is 11.1. The number of guanidine groups is 1. The zero-order valence-electron chi connectivity index (χ0n) is 14.4. The van der Waals surface area contributed by atoms with Crippen LogP contribution in [-0.4, -0.2) is 50.2 Å². The summed E-state index contributed by atoms with van der Waals surface area (Å²) in [7, 11) is 1.62. The van der Waals surface area contributed by atoms with E-state index < -0.39 is 0 Å². The summed E-state index contributed by atoms with van der Waals surface area (Å²) in [6.07, 6.45) is 2.22. The molecule has 0 saturated carbocycles. The van der Waals surface area contributed by atoms with E-state index in [0.29, 0.717) is 18.5 Å². The molecule has 2 atom stereocenters. The number of nitrogens with zero attached hydrogens (tertiary/aromatic N) is 2. The van der Waals surface area contributed by atoms with Crippen molar-refractivity contribution < 1.29 is 9.13 Å². The maximum absolute atomic E-state index is 13.0. The Bertz CT molecular complexity index is 512. The lowest BCUT2D eigenvalue weighted by Crippen LogP contribution is -2.42. The molecule has 1 fully saturated rings. The molecule has 2 rings (SSSR count). The monoisotopic (exact) mass is 450 g/mol. The number of halogens is 2. The van der Waals surface area contributed by atoms with E-state index in [2.05, 4.69) is 22.1 Å². The van der Waals surface area contributed by atoms with E-state index in [9.17, 15) is 4.39 Å². The predicted octanol–water partition coefficient (Wildman–Crippen LogP) is 2.52. The van der Waals surface area contributed by atoms with Crippen LogP contribution in [0.2, 0.25) is 0 Å². The number of hydrogen-bond acceptors (Lipinski definition) is 3. The van der Waals surface area contributed by atoms with Crippen LogP contribution >= 0.6 is 24.0 Å². The minimum atomic E-state index is -0.259. The van der Waals surface area contributed by atoms with Crippen LogP contribution in [0.3, 0.4) is 0 Å². The van der Waals surface area contributed by atoms with Gasteiger partial charge in [-0.1, -0.05) is 19.1 Å². The third kappa shape index (κ3) is 6.18. The van der Waals surface area contributed by atoms with Crippen LogP contribution in [0, 0.1) is 5.82 Å². The quantitative estimate of drug-likeness (QED) is 0.381. The summed E-state index contributed by atoms with van der Waals surface area (Å²) in [5, 5.41) is 3.20. The number of nitrogens with one attached hydrogen (secondary N) is 1. The standard InChI is InChI=1S/C17H27FN4O.HI/c1-3-22-10-4-5-15(22)11-20-17(19)21-12-16(23-2)13-6-8-14(18)9-7-13;/h6-9,15-16H,3-5,10-12H2,1-2H3,(H3,19,20,21);1H. The number of aliphatic imine (C=N–C) groups is 1. The molecule has 3 N–H and O–H groups in total. The number of hydrogen-bond donors (Lipinski definition) is 2. The fraction of sp³-hybridized carbons (Fsp3) is 0.588. The molecule has 5 nitrogen and oxygen atoms in total. The lowest BCUT2D eigenvalue weighted by Gasteiger charge is -2.23. The van der Waals surface area contributed by atoms with Crippen molar-refractivity contribution in [2.45, 2.75) is 31.9 Å². The molecule has 0 spiro atoms. The highest BCUT2D eigenvalue weighted by atomic mass is 127. The van der Waals surface area contributed by atoms with Gasteiger partial charge in [-0.15, -0.1) is 24.0 Å². The molecule has 1 aromatic carbocycles. The Labute approximate surface area is 160 Å². The Morgan fingerprint density at radius 1 is 1.46 bits per heavy atom. The SMILES string of the molecule is CCN1CCCC1CNC(N)=NCC(OC)c1ccc(F)cc1.I. The van der Waals surface area contributed by atoms with E-state index in [0.717, 1.165) is 25.2 Å². The highest BCUT2D eigenvalue weighted by Crippen LogP contribution is 2.17. The lowest BCUT2D eigenvalue weighted by molar-refractivity contribution is 0.111. The largest absolute Gasteiger partial charge is 0.375 e. The van der Waals surface area contributed by atoms with Crippen molar-refractivity contribution in [3.63, 3.8) is 0 Å². The Morgan fingerprint density at radius 3 is 2.79 bits per heavy atom. The average molecular weight is 450 g/mol. The zero-order valence-corrected chi connectivity index (χ0v) is 16.7. The Kier molecular flexibility index (Phi) is 9.53. The van der Waals surface area contributed by atoms with Crippen LogP contribution in [0.25, 0.3) is 0 Å². The number of nitrogens with two attached hydrogens (primary N) is 1. The first-order valence-electron chi connectivity index (χ1n) is 8.20. The summed E-state index contributed by atoms with van der Waals surface area (Å²) in [5.41, 5.74) is 6.84. The van der Waals surface area contributed by atoms with E-state index >= 15 is 0 Å². The van der Waals surface area contributed by atoms with Crippen molar-refractivity contribution in [2.75, 3.05) is 33.3 Å². The number of ether oxygens (including phenoxy) is 1. The van der Waals surface area contributed by atoms with Gasteiger partial charge >= 0.3 is 0 Å². The molecule has 1 aliphatic heterocycles. The van der Waals surface area contributed by atoms with E-state index in [1.54, 1.807) is 19.2 Å². The van der Waals surface area contributed by atoms with Crippen molar-refractivity contribution >= 4 is 29.9 Å². The van der Waals surface area contributed by atoms with Crippen molar-refractivity contribution in [1.29, 1.82) is 0 Å². The second kappa shape index (κ2) is 10.8. The third-order valence-corrected chi connectivity index (χ3v) is 4.38. The molecule has 1 heterocycles. The molecule has 24 heavy (non-hydrogen) atoms. The zero-order chi connectivity index (χ0) is 16.7. The summed E-state index contributed by atoms with van der Waals surface area (Å²) in [4.78, 5) is 6.81. The average Bonchev–Trinajstić information content (AvgIpc) is 3.02. The summed E-state index contributed by atoms with van der Waals surface area (Å²) in [6.45, 7) is 5.64. The van der Waals surface area contributed by atoms with E-state index in [-0.39, 0.29) is 35.9 Å². The van der Waals surface area contributed by atoms with Gasteiger partial charge in [0.2, 0.25) is 0 Å². The third-order valence-electron chi connectivity index (χ3n) is 4.38. The predicted molar refractivity (Wildman–Crippen MR) is 106 cm³/mol. The van der Waals surface area contributed by atoms with Gasteiger partial charge in [0.25, 0.3) is 0 Å². The van der Waals surface area contributed by atoms with Crippen LogP contribution < -0.4 is 11.1 Å². The van der Waals surface area contributed by atoms with Gasteiger partial charge in [-0.05, 0) is 43.6 Å². The van der Waals surface area contributed by atoms with Gasteiger partial charge in [0, 0.05) is 19.7 Å². The smallest absolute Gasteiger partial charge is 0.188 e. The van der Waals surface area contributed by atoms with Gasteiger partial charge in [0.05, 0.1) is 6.54 Å². The van der Waals surface area contributed by atoms with Gasteiger partial charge < -0.3 is 15.8 Å². The normalized spacial score (nSPS) is 19.8. The molecule has 1 aliphatic rings. The topological polar surface area (TPSA) is 62.9 Å². The summed E-state index contributed by atoms with van der Waals surface area (Å²) in [5.74, 6) is 0.169. The number of rotatable bonds is 7. The van der Waals surface area contributed by atoms with Gasteiger partial charge in [-0.25, -0.2) is 4.39 Å². The number of likely N-dealkylation sites (N-methyl/N-ethyl adjacent to an activating group) is 1. The van der Waals surface area contributed by atoms with Crippen molar-refractivity contribution in [3.8, 4) is 0 Å². The molecule has 1 saturated heterocycles. The molecular formula is C17H28FIN4O. The lowest BCUT2D eigenvalue weighted by atomic mass is 10.1. The van der Waals surface area contributed by atoms with Crippen molar-refractivity contribution in [2.24, 2.45) is 10.7 Å². The Hall–Kier alpha value is -0.930. The highest BCUT2D eigenvalue weighted by molar-refractivity contribution is 14.0. The minimum absolute atomic E-state index is 0. The molecule has 0 radical (unpaired) electrons. The number of methoxy groups -OCH3 is 1. The van der Waals surface area contributed by atoms with Gasteiger partial charge in [-0.2, -0.15) is 0 Å². The van der Waals surface area contributed by atoms with Gasteiger partial charge in [0.1, 0.15) is 11.9 Å². The second-order valence-corrected chi connectivity index (χ2v) is 5.81. The van der Waals surface area contributed by atoms with Crippen LogP contribution in [0.15, 0.2) is 29.3 Å². The van der Waals surface area contributed by atoms with Crippen LogP contribution in [0.5, 0.6) is 0 Å². The molecule has 7 heteroatoms. The maximum Gasteiger partial charge on any atom is 0.188 e. The highest BCUT2D eigenvalue weighted by Gasteiger charge is 2.22. The molecular weight excluding hydrogens is 422 g/mol. The molecule has 0 bridgehead atoms. The fourth-order valence-electron chi connectivity index (χ4n) is 3.00. The van der Waals surface area contributed by atoms with Crippen LogP contribution in [0.1, 0.15) is 31.4 Å². The van der Waals surface area contributed by atoms with Crippen molar-refractivity contribution in [1.82, 2.24) is 10.2 Å². The molecule has 0 aliphatic carbocycles. The minimum Gasteiger partial charge on any atom is -0.375 e. The molecule has 0 amide bonds. The Morgan fingerprint density at radius 2 is 2.17 bits per heavy atom. The summed E-state index contributed by atoms with van der Waals surface area (Å²) in [6, 6.07) is 6.79.